The number of hydrogen-bond donors (Lipinski definition) is 1. The van der Waals surface area contributed by atoms with Gasteiger partial charge in [0.1, 0.15) is 17.9 Å². The lowest BCUT2D eigenvalue weighted by molar-refractivity contribution is -0.385. The van der Waals surface area contributed by atoms with Crippen molar-refractivity contribution >= 4 is 17.4 Å². The number of nitrogens with one attached hydrogen (secondary N) is 1. The van der Waals surface area contributed by atoms with E-state index in [1.807, 2.05) is 31.2 Å². The molecule has 1 N–H and O–H groups in total. The van der Waals surface area contributed by atoms with Gasteiger partial charge >= 0.3 is 5.69 Å². The van der Waals surface area contributed by atoms with E-state index in [9.17, 15) is 14.9 Å². The molecule has 2 heterocycles. The summed E-state index contributed by atoms with van der Waals surface area (Å²) in [6.45, 7) is 5.78. The first-order valence-corrected chi connectivity index (χ1v) is 8.43. The Balaban J connectivity index is 1.65. The molecule has 1 atom stereocenters. The quantitative estimate of drug-likeness (QED) is 0.532. The molecular formula is C18H20N6O3. The van der Waals surface area contributed by atoms with Crippen LogP contribution < -0.4 is 5.32 Å². The van der Waals surface area contributed by atoms with Gasteiger partial charge in [-0.3, -0.25) is 24.3 Å². The standard InChI is InChI=1S/C18H20N6O3/c1-12-4-6-15(7-5-12)10-22-9-8-17(21-22)19-18(25)14(3)23-11-16(24(26)27)13(2)20-23/h4-9,11,14H,10H2,1-3H3,(H,19,21,25). The highest BCUT2D eigenvalue weighted by Gasteiger charge is 2.22. The number of benzene rings is 1. The molecular weight excluding hydrogens is 348 g/mol. The highest BCUT2D eigenvalue weighted by atomic mass is 16.6. The highest BCUT2D eigenvalue weighted by Crippen LogP contribution is 2.19. The molecule has 3 rings (SSSR count). The summed E-state index contributed by atoms with van der Waals surface area (Å²) in [5, 5.41) is 22.0. The number of hydrogen-bond acceptors (Lipinski definition) is 5. The number of carbonyl (C=O) groups is 1. The number of rotatable bonds is 6. The maximum Gasteiger partial charge on any atom is 0.309 e. The van der Waals surface area contributed by atoms with E-state index in [-0.39, 0.29) is 17.3 Å². The minimum absolute atomic E-state index is 0.114. The Bertz CT molecular complexity index is 973. The molecule has 140 valence electrons. The molecule has 0 bridgehead atoms. The van der Waals surface area contributed by atoms with Gasteiger partial charge in [-0.25, -0.2) is 0 Å². The molecule has 1 aromatic carbocycles. The van der Waals surface area contributed by atoms with E-state index in [2.05, 4.69) is 15.5 Å². The molecule has 9 heteroatoms. The van der Waals surface area contributed by atoms with Gasteiger partial charge in [-0.05, 0) is 26.3 Å². The van der Waals surface area contributed by atoms with Crippen molar-refractivity contribution in [3.05, 3.63) is 69.7 Å². The maximum absolute atomic E-state index is 12.4. The average Bonchev–Trinajstić information content (AvgIpc) is 3.22. The van der Waals surface area contributed by atoms with Crippen molar-refractivity contribution in [2.75, 3.05) is 5.32 Å². The topological polar surface area (TPSA) is 108 Å². The summed E-state index contributed by atoms with van der Waals surface area (Å²) in [6.07, 6.45) is 3.04. The number of nitrogens with zero attached hydrogens (tertiary/aromatic N) is 5. The van der Waals surface area contributed by atoms with Crippen molar-refractivity contribution in [1.29, 1.82) is 0 Å². The Kier molecular flexibility index (Phi) is 5.02. The van der Waals surface area contributed by atoms with Crippen LogP contribution in [0.3, 0.4) is 0 Å². The molecule has 1 unspecified atom stereocenters. The fraction of sp³-hybridized carbons (Fsp3) is 0.278. The van der Waals surface area contributed by atoms with Gasteiger partial charge in [0.15, 0.2) is 5.82 Å². The predicted molar refractivity (Wildman–Crippen MR) is 99.5 cm³/mol. The normalized spacial score (nSPS) is 12.0. The van der Waals surface area contributed by atoms with Crippen LogP contribution in [0.2, 0.25) is 0 Å². The Labute approximate surface area is 155 Å². The molecule has 3 aromatic rings. The molecule has 0 fully saturated rings. The molecule has 9 nitrogen and oxygen atoms in total. The van der Waals surface area contributed by atoms with Crippen molar-refractivity contribution in [3.8, 4) is 0 Å². The number of aryl methyl sites for hydroxylation is 2. The van der Waals surface area contributed by atoms with Gasteiger partial charge in [0.25, 0.3) is 0 Å². The fourth-order valence-corrected chi connectivity index (χ4v) is 2.60. The van der Waals surface area contributed by atoms with Gasteiger partial charge in [0, 0.05) is 12.3 Å². The summed E-state index contributed by atoms with van der Waals surface area (Å²) in [6, 6.07) is 9.13. The average molecular weight is 368 g/mol. The summed E-state index contributed by atoms with van der Waals surface area (Å²) in [4.78, 5) is 22.8. The van der Waals surface area contributed by atoms with Gasteiger partial charge in [0.05, 0.1) is 11.5 Å². The zero-order valence-electron chi connectivity index (χ0n) is 15.3. The van der Waals surface area contributed by atoms with E-state index in [1.54, 1.807) is 23.9 Å². The summed E-state index contributed by atoms with van der Waals surface area (Å²) in [5.74, 6) is 0.0605. The summed E-state index contributed by atoms with van der Waals surface area (Å²) in [7, 11) is 0. The zero-order valence-corrected chi connectivity index (χ0v) is 15.3. The number of anilines is 1. The van der Waals surface area contributed by atoms with Crippen LogP contribution in [0.1, 0.15) is 29.8 Å². The van der Waals surface area contributed by atoms with Gasteiger partial charge in [-0.15, -0.1) is 0 Å². The number of carbonyl (C=O) groups excluding carboxylic acids is 1. The van der Waals surface area contributed by atoms with Gasteiger partial charge in [-0.1, -0.05) is 29.8 Å². The van der Waals surface area contributed by atoms with Crippen molar-refractivity contribution < 1.29 is 9.72 Å². The molecule has 0 spiro atoms. The second-order valence-corrected chi connectivity index (χ2v) is 6.39. The van der Waals surface area contributed by atoms with Crippen LogP contribution in [0.4, 0.5) is 11.5 Å². The number of aromatic nitrogens is 4. The Morgan fingerprint density at radius 3 is 2.56 bits per heavy atom. The van der Waals surface area contributed by atoms with Gasteiger partial charge < -0.3 is 5.32 Å². The Hall–Kier alpha value is -3.49. The second-order valence-electron chi connectivity index (χ2n) is 6.39. The molecule has 0 aliphatic heterocycles. The van der Waals surface area contributed by atoms with Crippen LogP contribution in [0.5, 0.6) is 0 Å². The lowest BCUT2D eigenvalue weighted by Crippen LogP contribution is -2.24. The van der Waals surface area contributed by atoms with Crippen LogP contribution in [0, 0.1) is 24.0 Å². The van der Waals surface area contributed by atoms with E-state index in [1.165, 1.54) is 23.4 Å². The maximum atomic E-state index is 12.4. The van der Waals surface area contributed by atoms with Crippen molar-refractivity contribution in [2.45, 2.75) is 33.4 Å². The zero-order chi connectivity index (χ0) is 19.6. The lowest BCUT2D eigenvalue weighted by atomic mass is 10.1. The van der Waals surface area contributed by atoms with Crippen LogP contribution in [-0.2, 0) is 11.3 Å². The SMILES string of the molecule is Cc1ccc(Cn2ccc(NC(=O)C(C)n3cc([N+](=O)[O-])c(C)n3)n2)cc1. The first kappa shape index (κ1) is 18.3. The predicted octanol–water partition coefficient (Wildman–Crippen LogP) is 2.85. The number of amides is 1. The van der Waals surface area contributed by atoms with Crippen molar-refractivity contribution in [3.63, 3.8) is 0 Å². The summed E-state index contributed by atoms with van der Waals surface area (Å²) in [5.41, 5.74) is 2.45. The third-order valence-electron chi connectivity index (χ3n) is 4.22. The van der Waals surface area contributed by atoms with E-state index in [4.69, 9.17) is 0 Å². The minimum Gasteiger partial charge on any atom is -0.307 e. The van der Waals surface area contributed by atoms with Crippen LogP contribution in [-0.4, -0.2) is 30.4 Å². The van der Waals surface area contributed by atoms with Crippen molar-refractivity contribution in [1.82, 2.24) is 19.6 Å². The van der Waals surface area contributed by atoms with Crippen molar-refractivity contribution in [2.24, 2.45) is 0 Å². The first-order chi connectivity index (χ1) is 12.8. The third-order valence-corrected chi connectivity index (χ3v) is 4.22. The van der Waals surface area contributed by atoms with E-state index in [0.29, 0.717) is 12.4 Å². The summed E-state index contributed by atoms with van der Waals surface area (Å²) < 4.78 is 3.01. The minimum atomic E-state index is -0.709. The highest BCUT2D eigenvalue weighted by molar-refractivity contribution is 5.92. The lowest BCUT2D eigenvalue weighted by Gasteiger charge is -2.10. The van der Waals surface area contributed by atoms with Crippen LogP contribution >= 0.6 is 0 Å². The van der Waals surface area contributed by atoms with E-state index < -0.39 is 11.0 Å². The monoisotopic (exact) mass is 368 g/mol. The molecule has 0 radical (unpaired) electrons. The van der Waals surface area contributed by atoms with Crippen LogP contribution in [0.25, 0.3) is 0 Å². The van der Waals surface area contributed by atoms with Crippen LogP contribution in [0.15, 0.2) is 42.7 Å². The smallest absolute Gasteiger partial charge is 0.307 e. The molecule has 0 saturated heterocycles. The molecule has 2 aromatic heterocycles. The van der Waals surface area contributed by atoms with Gasteiger partial charge in [0.2, 0.25) is 5.91 Å². The number of nitro groups is 1. The second kappa shape index (κ2) is 7.40. The largest absolute Gasteiger partial charge is 0.309 e. The van der Waals surface area contributed by atoms with Gasteiger partial charge in [-0.2, -0.15) is 10.2 Å². The molecule has 0 saturated carbocycles. The third kappa shape index (κ3) is 4.20. The fourth-order valence-electron chi connectivity index (χ4n) is 2.60. The Morgan fingerprint density at radius 1 is 1.22 bits per heavy atom. The summed E-state index contributed by atoms with van der Waals surface area (Å²) >= 11 is 0. The Morgan fingerprint density at radius 2 is 1.93 bits per heavy atom. The molecule has 27 heavy (non-hydrogen) atoms. The van der Waals surface area contributed by atoms with E-state index in [0.717, 1.165) is 5.56 Å². The van der Waals surface area contributed by atoms with E-state index >= 15 is 0 Å². The molecule has 0 aliphatic carbocycles. The molecule has 1 amide bonds. The first-order valence-electron chi connectivity index (χ1n) is 8.43. The molecule has 0 aliphatic rings.